The molecule has 0 aromatic heterocycles. The second kappa shape index (κ2) is 6.00. The molecule has 1 heterocycles. The summed E-state index contributed by atoms with van der Waals surface area (Å²) in [6, 6.07) is 2.27. The van der Waals surface area contributed by atoms with Crippen molar-refractivity contribution in [3.8, 4) is 6.07 Å². The van der Waals surface area contributed by atoms with E-state index in [0.717, 1.165) is 32.2 Å². The second-order valence-corrected chi connectivity index (χ2v) is 4.31. The van der Waals surface area contributed by atoms with Crippen LogP contribution in [0.25, 0.3) is 0 Å². The molecule has 0 radical (unpaired) electrons. The lowest BCUT2D eigenvalue weighted by molar-refractivity contribution is 0.0550. The van der Waals surface area contributed by atoms with Crippen LogP contribution < -0.4 is 0 Å². The third-order valence-corrected chi connectivity index (χ3v) is 2.72. The maximum Gasteiger partial charge on any atom is 0.0666 e. The summed E-state index contributed by atoms with van der Waals surface area (Å²) in [6.45, 7) is 5.78. The molecule has 14 heavy (non-hydrogen) atoms. The summed E-state index contributed by atoms with van der Waals surface area (Å²) in [4.78, 5) is 2.27. The van der Waals surface area contributed by atoms with Gasteiger partial charge in [0.25, 0.3) is 0 Å². The van der Waals surface area contributed by atoms with Crippen LogP contribution in [0.2, 0.25) is 0 Å². The number of hydrogen-bond donors (Lipinski definition) is 0. The van der Waals surface area contributed by atoms with E-state index >= 15 is 0 Å². The molecule has 1 fully saturated rings. The average Bonchev–Trinajstić information content (AvgIpc) is 2.19. The zero-order chi connectivity index (χ0) is 10.4. The SMILES string of the molecule is CC(C#N)CN(C)CC1CCOCC1. The highest BCUT2D eigenvalue weighted by Gasteiger charge is 2.16. The van der Waals surface area contributed by atoms with Crippen molar-refractivity contribution >= 4 is 0 Å². The van der Waals surface area contributed by atoms with Crippen molar-refractivity contribution in [1.82, 2.24) is 4.90 Å². The molecule has 80 valence electrons. The molecule has 0 spiro atoms. The smallest absolute Gasteiger partial charge is 0.0666 e. The molecule has 0 aromatic carbocycles. The van der Waals surface area contributed by atoms with Crippen molar-refractivity contribution < 1.29 is 4.74 Å². The molecule has 1 saturated heterocycles. The fourth-order valence-electron chi connectivity index (χ4n) is 1.95. The molecule has 1 rings (SSSR count). The van der Waals surface area contributed by atoms with Crippen LogP contribution >= 0.6 is 0 Å². The van der Waals surface area contributed by atoms with Gasteiger partial charge in [0.15, 0.2) is 0 Å². The summed E-state index contributed by atoms with van der Waals surface area (Å²) >= 11 is 0. The molecule has 0 saturated carbocycles. The van der Waals surface area contributed by atoms with E-state index in [-0.39, 0.29) is 5.92 Å². The summed E-state index contributed by atoms with van der Waals surface area (Å²) in [5, 5.41) is 8.69. The van der Waals surface area contributed by atoms with Crippen LogP contribution in [0, 0.1) is 23.2 Å². The molecule has 1 aliphatic rings. The number of hydrogen-bond acceptors (Lipinski definition) is 3. The Morgan fingerprint density at radius 3 is 2.71 bits per heavy atom. The Morgan fingerprint density at radius 1 is 1.50 bits per heavy atom. The van der Waals surface area contributed by atoms with Crippen LogP contribution in [0.1, 0.15) is 19.8 Å². The molecule has 0 aromatic rings. The molecule has 0 N–H and O–H groups in total. The Balaban J connectivity index is 2.18. The van der Waals surface area contributed by atoms with Gasteiger partial charge in [0, 0.05) is 26.3 Å². The van der Waals surface area contributed by atoms with Crippen LogP contribution in [-0.2, 0) is 4.74 Å². The summed E-state index contributed by atoms with van der Waals surface area (Å²) < 4.78 is 5.31. The van der Waals surface area contributed by atoms with Gasteiger partial charge >= 0.3 is 0 Å². The lowest BCUT2D eigenvalue weighted by Crippen LogP contribution is -2.32. The molecule has 0 aliphatic carbocycles. The Labute approximate surface area is 86.6 Å². The van der Waals surface area contributed by atoms with Gasteiger partial charge in [0.05, 0.1) is 12.0 Å². The highest BCUT2D eigenvalue weighted by Crippen LogP contribution is 2.15. The Hall–Kier alpha value is -0.590. The minimum Gasteiger partial charge on any atom is -0.381 e. The Morgan fingerprint density at radius 2 is 2.14 bits per heavy atom. The molecule has 3 heteroatoms. The molecular formula is C11H20N2O. The van der Waals surface area contributed by atoms with Crippen molar-refractivity contribution in [2.75, 3.05) is 33.4 Å². The molecule has 0 amide bonds. The fourth-order valence-corrected chi connectivity index (χ4v) is 1.95. The molecular weight excluding hydrogens is 176 g/mol. The number of rotatable bonds is 4. The van der Waals surface area contributed by atoms with E-state index in [1.807, 2.05) is 6.92 Å². The molecule has 1 unspecified atom stereocenters. The number of ether oxygens (including phenoxy) is 1. The molecule has 3 nitrogen and oxygen atoms in total. The van der Waals surface area contributed by atoms with Gasteiger partial charge < -0.3 is 9.64 Å². The summed E-state index contributed by atoms with van der Waals surface area (Å²) in [7, 11) is 2.10. The van der Waals surface area contributed by atoms with Crippen molar-refractivity contribution in [2.45, 2.75) is 19.8 Å². The standard InChI is InChI=1S/C11H20N2O/c1-10(7-12)8-13(2)9-11-3-5-14-6-4-11/h10-11H,3-6,8-9H2,1-2H3. The van der Waals surface area contributed by atoms with Gasteiger partial charge in [-0.15, -0.1) is 0 Å². The molecule has 0 bridgehead atoms. The zero-order valence-electron chi connectivity index (χ0n) is 9.20. The first-order valence-corrected chi connectivity index (χ1v) is 5.38. The van der Waals surface area contributed by atoms with Crippen molar-refractivity contribution in [3.63, 3.8) is 0 Å². The normalized spacial score (nSPS) is 20.7. The number of nitriles is 1. The zero-order valence-corrected chi connectivity index (χ0v) is 9.20. The van der Waals surface area contributed by atoms with Crippen LogP contribution in [0.15, 0.2) is 0 Å². The maximum absolute atomic E-state index is 8.69. The third kappa shape index (κ3) is 4.08. The highest BCUT2D eigenvalue weighted by atomic mass is 16.5. The van der Waals surface area contributed by atoms with Crippen LogP contribution in [0.5, 0.6) is 0 Å². The lowest BCUT2D eigenvalue weighted by Gasteiger charge is -2.27. The van der Waals surface area contributed by atoms with E-state index in [4.69, 9.17) is 10.00 Å². The van der Waals surface area contributed by atoms with E-state index in [1.165, 1.54) is 12.8 Å². The minimum absolute atomic E-state index is 0.139. The van der Waals surface area contributed by atoms with Gasteiger partial charge in [0.2, 0.25) is 0 Å². The first kappa shape index (κ1) is 11.5. The summed E-state index contributed by atoms with van der Waals surface area (Å²) in [6.07, 6.45) is 2.34. The molecule has 1 atom stereocenters. The van der Waals surface area contributed by atoms with Crippen LogP contribution in [0.3, 0.4) is 0 Å². The predicted octanol–water partition coefficient (Wildman–Crippen LogP) is 1.50. The van der Waals surface area contributed by atoms with E-state index in [2.05, 4.69) is 18.0 Å². The maximum atomic E-state index is 8.69. The monoisotopic (exact) mass is 196 g/mol. The third-order valence-electron chi connectivity index (χ3n) is 2.72. The first-order chi connectivity index (χ1) is 6.72. The van der Waals surface area contributed by atoms with E-state index in [0.29, 0.717) is 0 Å². The van der Waals surface area contributed by atoms with E-state index in [9.17, 15) is 0 Å². The van der Waals surface area contributed by atoms with Crippen molar-refractivity contribution in [3.05, 3.63) is 0 Å². The first-order valence-electron chi connectivity index (χ1n) is 5.38. The van der Waals surface area contributed by atoms with E-state index < -0.39 is 0 Å². The molecule has 1 aliphatic heterocycles. The lowest BCUT2D eigenvalue weighted by atomic mass is 9.99. The number of nitrogens with zero attached hydrogens (tertiary/aromatic N) is 2. The van der Waals surface area contributed by atoms with Crippen molar-refractivity contribution in [1.29, 1.82) is 5.26 Å². The Bertz CT molecular complexity index is 194. The average molecular weight is 196 g/mol. The topological polar surface area (TPSA) is 36.3 Å². The van der Waals surface area contributed by atoms with Gasteiger partial charge in [-0.05, 0) is 32.7 Å². The van der Waals surface area contributed by atoms with Gasteiger partial charge in [0.1, 0.15) is 0 Å². The quantitative estimate of drug-likeness (QED) is 0.683. The summed E-state index contributed by atoms with van der Waals surface area (Å²) in [5.74, 6) is 0.902. The minimum atomic E-state index is 0.139. The van der Waals surface area contributed by atoms with Crippen molar-refractivity contribution in [2.24, 2.45) is 11.8 Å². The predicted molar refractivity (Wildman–Crippen MR) is 55.8 cm³/mol. The van der Waals surface area contributed by atoms with Gasteiger partial charge in [-0.25, -0.2) is 0 Å². The van der Waals surface area contributed by atoms with Gasteiger partial charge in [-0.1, -0.05) is 0 Å². The highest BCUT2D eigenvalue weighted by molar-refractivity contribution is 4.81. The van der Waals surface area contributed by atoms with E-state index in [1.54, 1.807) is 0 Å². The second-order valence-electron chi connectivity index (χ2n) is 4.31. The summed E-state index contributed by atoms with van der Waals surface area (Å²) in [5.41, 5.74) is 0. The van der Waals surface area contributed by atoms with Crippen LogP contribution in [0.4, 0.5) is 0 Å². The van der Waals surface area contributed by atoms with Gasteiger partial charge in [-0.2, -0.15) is 5.26 Å². The van der Waals surface area contributed by atoms with Crippen LogP contribution in [-0.4, -0.2) is 38.3 Å². The van der Waals surface area contributed by atoms with Gasteiger partial charge in [-0.3, -0.25) is 0 Å². The fraction of sp³-hybridized carbons (Fsp3) is 0.909. The Kier molecular flexibility index (Phi) is 4.92. The largest absolute Gasteiger partial charge is 0.381 e.